The Morgan fingerprint density at radius 2 is 1.42 bits per heavy atom. The van der Waals surface area contributed by atoms with Crippen molar-refractivity contribution in [3.8, 4) is 0 Å². The molecule has 1 fully saturated rings. The molecular weight excluding hydrogens is 632 g/mol. The zero-order valence-electron chi connectivity index (χ0n) is 29.6. The number of carboxylic acid groups (broad SMARTS) is 1. The van der Waals surface area contributed by atoms with Crippen molar-refractivity contribution in [2.45, 2.75) is 38.5 Å². The highest BCUT2D eigenvalue weighted by Gasteiger charge is 2.32. The van der Waals surface area contributed by atoms with Crippen LogP contribution >= 0.6 is 0 Å². The average Bonchev–Trinajstić information content (AvgIpc) is 3.03. The molecule has 2 N–H and O–H groups in total. The lowest BCUT2D eigenvalue weighted by Gasteiger charge is -2.42. The summed E-state index contributed by atoms with van der Waals surface area (Å²) in [5, 5.41) is 12.3. The molecule has 1 rings (SSSR count). The summed E-state index contributed by atoms with van der Waals surface area (Å²) in [5.74, 6) is -1.15. The lowest BCUT2D eigenvalue weighted by Crippen LogP contribution is -2.57. The van der Waals surface area contributed by atoms with Crippen molar-refractivity contribution in [3.05, 3.63) is 0 Å². The molecule has 0 bridgehead atoms. The van der Waals surface area contributed by atoms with E-state index in [1.165, 1.54) is 7.11 Å². The second-order valence-electron chi connectivity index (χ2n) is 11.9. The normalized spacial score (nSPS) is 16.4. The van der Waals surface area contributed by atoms with E-state index >= 15 is 0 Å². The Kier molecular flexibility index (Phi) is 24.4. The zero-order valence-corrected chi connectivity index (χ0v) is 29.6. The van der Waals surface area contributed by atoms with Gasteiger partial charge in [-0.25, -0.2) is 0 Å². The summed E-state index contributed by atoms with van der Waals surface area (Å²) >= 11 is 0. The standard InChI is InChI=1S/C31H60N6O11/c1-31(2,43-5)37(10-13-45-15-17-47-19-21-48-20-18-46-16-14-44-12-8-32-3)29(40)7-6-28(23-39)36-25-33(4)24-35(22-30(41)42)26-34(27-36)9-11-38/h11,23,28,32H,6-10,12-22,24-27H2,1-5H3,(H,41,42). The van der Waals surface area contributed by atoms with Gasteiger partial charge in [-0.1, -0.05) is 0 Å². The van der Waals surface area contributed by atoms with E-state index in [4.69, 9.17) is 28.4 Å². The number of carboxylic acids is 1. The summed E-state index contributed by atoms with van der Waals surface area (Å²) in [5.41, 5.74) is -0.899. The molecule has 17 heteroatoms. The molecule has 0 aliphatic carbocycles. The van der Waals surface area contributed by atoms with Crippen LogP contribution in [0.1, 0.15) is 26.7 Å². The number of aldehydes is 2. The highest BCUT2D eigenvalue weighted by atomic mass is 16.6. The monoisotopic (exact) mass is 692 g/mol. The van der Waals surface area contributed by atoms with Gasteiger partial charge < -0.3 is 53.3 Å². The Balaban J connectivity index is 2.44. The largest absolute Gasteiger partial charge is 0.480 e. The van der Waals surface area contributed by atoms with E-state index in [9.17, 15) is 24.3 Å². The molecular formula is C31H60N6O11. The van der Waals surface area contributed by atoms with Gasteiger partial charge in [0, 0.05) is 26.6 Å². The molecule has 1 atom stereocenters. The average molecular weight is 693 g/mol. The highest BCUT2D eigenvalue weighted by Crippen LogP contribution is 2.19. The number of rotatable bonds is 29. The SMILES string of the molecule is CNCCOCCOCCOCCOCCOCCN(C(=O)CCC(C=O)N1CN(C)CN(CC(=O)O)CN(CC=O)C1)C(C)(C)OC. The highest BCUT2D eigenvalue weighted by molar-refractivity contribution is 5.77. The number of nitrogens with zero attached hydrogens (tertiary/aromatic N) is 5. The van der Waals surface area contributed by atoms with Crippen LogP contribution in [0.4, 0.5) is 0 Å². The van der Waals surface area contributed by atoms with Gasteiger partial charge in [-0.2, -0.15) is 0 Å². The number of hydrogen-bond donors (Lipinski definition) is 2. The Labute approximate surface area is 285 Å². The molecule has 0 radical (unpaired) electrons. The third-order valence-corrected chi connectivity index (χ3v) is 7.51. The second-order valence-corrected chi connectivity index (χ2v) is 11.9. The molecule has 1 aliphatic heterocycles. The van der Waals surface area contributed by atoms with E-state index in [1.807, 2.05) is 23.9 Å². The Morgan fingerprint density at radius 3 is 1.92 bits per heavy atom. The first kappa shape index (κ1) is 43.9. The van der Waals surface area contributed by atoms with Crippen molar-refractivity contribution in [2.75, 3.05) is 140 Å². The first-order valence-corrected chi connectivity index (χ1v) is 16.4. The fourth-order valence-corrected chi connectivity index (χ4v) is 4.95. The van der Waals surface area contributed by atoms with E-state index in [2.05, 4.69) is 5.32 Å². The zero-order chi connectivity index (χ0) is 35.6. The summed E-state index contributed by atoms with van der Waals surface area (Å²) in [6.45, 7) is 10.4. The minimum Gasteiger partial charge on any atom is -0.480 e. The van der Waals surface area contributed by atoms with E-state index in [0.29, 0.717) is 72.8 Å². The van der Waals surface area contributed by atoms with E-state index in [1.54, 1.807) is 28.5 Å². The van der Waals surface area contributed by atoms with Crippen molar-refractivity contribution in [3.63, 3.8) is 0 Å². The van der Waals surface area contributed by atoms with Gasteiger partial charge in [0.25, 0.3) is 0 Å². The van der Waals surface area contributed by atoms with Crippen LogP contribution < -0.4 is 5.32 Å². The summed E-state index contributed by atoms with van der Waals surface area (Å²) < 4.78 is 33.2. The molecule has 48 heavy (non-hydrogen) atoms. The van der Waals surface area contributed by atoms with E-state index in [-0.39, 0.29) is 58.3 Å². The first-order chi connectivity index (χ1) is 23.1. The molecule has 1 unspecified atom stereocenters. The maximum Gasteiger partial charge on any atom is 0.317 e. The molecule has 1 amide bonds. The lowest BCUT2D eigenvalue weighted by molar-refractivity contribution is -0.162. The Hall–Kier alpha value is -2.16. The second kappa shape index (κ2) is 26.7. The summed E-state index contributed by atoms with van der Waals surface area (Å²) in [6.07, 6.45) is 1.91. The van der Waals surface area contributed by atoms with Gasteiger partial charge >= 0.3 is 5.97 Å². The fraction of sp³-hybridized carbons (Fsp3) is 0.871. The number of likely N-dealkylation sites (N-methyl/N-ethyl adjacent to an activating group) is 1. The van der Waals surface area contributed by atoms with Crippen molar-refractivity contribution in [1.82, 2.24) is 29.8 Å². The van der Waals surface area contributed by atoms with Crippen molar-refractivity contribution < 1.29 is 52.7 Å². The third kappa shape index (κ3) is 19.7. The number of aliphatic carboxylic acids is 1. The molecule has 0 aromatic heterocycles. The van der Waals surface area contributed by atoms with Crippen LogP contribution in [0.2, 0.25) is 0 Å². The predicted octanol–water partition coefficient (Wildman–Crippen LogP) is -1.19. The van der Waals surface area contributed by atoms with Crippen LogP contribution in [0.25, 0.3) is 0 Å². The molecule has 280 valence electrons. The number of ether oxygens (including phenoxy) is 6. The van der Waals surface area contributed by atoms with Gasteiger partial charge in [-0.15, -0.1) is 0 Å². The van der Waals surface area contributed by atoms with Crippen LogP contribution in [0, 0.1) is 0 Å². The maximum atomic E-state index is 13.4. The van der Waals surface area contributed by atoms with E-state index < -0.39 is 17.7 Å². The number of carbonyl (C=O) groups is 4. The van der Waals surface area contributed by atoms with Gasteiger partial charge in [0.15, 0.2) is 0 Å². The van der Waals surface area contributed by atoms with Gasteiger partial charge in [-0.3, -0.25) is 29.2 Å². The van der Waals surface area contributed by atoms with Crippen LogP contribution in [0.15, 0.2) is 0 Å². The lowest BCUT2D eigenvalue weighted by atomic mass is 10.1. The topological polar surface area (TPSA) is 172 Å². The molecule has 1 saturated heterocycles. The molecule has 0 aromatic rings. The first-order valence-electron chi connectivity index (χ1n) is 16.4. The Morgan fingerprint density at radius 1 is 0.854 bits per heavy atom. The number of nitrogens with one attached hydrogen (secondary N) is 1. The quantitative estimate of drug-likeness (QED) is 0.0544. The fourth-order valence-electron chi connectivity index (χ4n) is 4.95. The number of hydrogen-bond acceptors (Lipinski definition) is 15. The van der Waals surface area contributed by atoms with Crippen molar-refractivity contribution >= 4 is 24.4 Å². The molecule has 0 aromatic carbocycles. The van der Waals surface area contributed by atoms with Gasteiger partial charge in [0.2, 0.25) is 5.91 Å². The van der Waals surface area contributed by atoms with Crippen molar-refractivity contribution in [2.24, 2.45) is 0 Å². The van der Waals surface area contributed by atoms with Gasteiger partial charge in [0.05, 0.1) is 112 Å². The van der Waals surface area contributed by atoms with Crippen LogP contribution in [-0.4, -0.2) is 206 Å². The molecule has 1 heterocycles. The molecule has 0 saturated carbocycles. The number of carbonyl (C=O) groups excluding carboxylic acids is 3. The Bertz CT molecular complexity index is 888. The minimum absolute atomic E-state index is 0.0827. The summed E-state index contributed by atoms with van der Waals surface area (Å²) in [4.78, 5) is 57.1. The van der Waals surface area contributed by atoms with Crippen molar-refractivity contribution in [1.29, 1.82) is 0 Å². The summed E-state index contributed by atoms with van der Waals surface area (Å²) in [7, 11) is 5.24. The van der Waals surface area contributed by atoms with Crippen LogP contribution in [0.3, 0.4) is 0 Å². The molecule has 17 nitrogen and oxygen atoms in total. The minimum atomic E-state index is -0.963. The molecule has 0 spiro atoms. The molecule has 1 aliphatic rings. The smallest absolute Gasteiger partial charge is 0.317 e. The van der Waals surface area contributed by atoms with Crippen LogP contribution in [-0.2, 0) is 47.6 Å². The predicted molar refractivity (Wildman–Crippen MR) is 176 cm³/mol. The van der Waals surface area contributed by atoms with Gasteiger partial charge in [0.1, 0.15) is 18.3 Å². The maximum absolute atomic E-state index is 13.4. The third-order valence-electron chi connectivity index (χ3n) is 7.51. The van der Waals surface area contributed by atoms with Crippen LogP contribution in [0.5, 0.6) is 0 Å². The number of amides is 1. The number of methoxy groups -OCH3 is 1. The van der Waals surface area contributed by atoms with Gasteiger partial charge in [-0.05, 0) is 34.4 Å². The summed E-state index contributed by atoms with van der Waals surface area (Å²) in [6, 6.07) is -0.595. The van der Waals surface area contributed by atoms with E-state index in [0.717, 1.165) is 19.1 Å².